The van der Waals surface area contributed by atoms with Gasteiger partial charge in [0.1, 0.15) is 11.5 Å². The molecule has 0 heterocycles. The van der Waals surface area contributed by atoms with Crippen molar-refractivity contribution in [2.24, 2.45) is 0 Å². The Bertz CT molecular complexity index is 727. The van der Waals surface area contributed by atoms with Crippen LogP contribution in [0.5, 0.6) is 11.5 Å². The van der Waals surface area contributed by atoms with Crippen molar-refractivity contribution in [2.75, 3.05) is 33.9 Å². The molecule has 0 aromatic heterocycles. The molecule has 1 atom stereocenters. The number of amides is 1. The van der Waals surface area contributed by atoms with Crippen LogP contribution >= 0.6 is 0 Å². The summed E-state index contributed by atoms with van der Waals surface area (Å²) < 4.78 is 10.5. The number of likely N-dealkylation sites (N-methyl/N-ethyl adjacent to an activating group) is 1. The second-order valence-electron chi connectivity index (χ2n) is 6.67. The summed E-state index contributed by atoms with van der Waals surface area (Å²) in [6.45, 7) is 6.70. The Balaban J connectivity index is 1.96. The molecular weight excluding hydrogens is 352 g/mol. The number of hydrogen-bond donors (Lipinski definition) is 1. The Labute approximate surface area is 168 Å². The molecule has 0 aliphatic rings. The third-order valence-corrected chi connectivity index (χ3v) is 5.02. The SMILES string of the molecule is CCN(CC)C(CNC(=O)CCc1ccc(OC)cc1)c1cccc(OC)c1. The molecule has 1 unspecified atom stereocenters. The van der Waals surface area contributed by atoms with Gasteiger partial charge < -0.3 is 14.8 Å². The lowest BCUT2D eigenvalue weighted by Gasteiger charge is -2.30. The minimum Gasteiger partial charge on any atom is -0.497 e. The first-order valence-electron chi connectivity index (χ1n) is 9.88. The van der Waals surface area contributed by atoms with Gasteiger partial charge in [-0.3, -0.25) is 9.69 Å². The first kappa shape index (κ1) is 21.8. The highest BCUT2D eigenvalue weighted by molar-refractivity contribution is 5.76. The predicted octanol–water partition coefficient (Wildman–Crippen LogP) is 3.84. The van der Waals surface area contributed by atoms with Gasteiger partial charge in [-0.05, 0) is 54.9 Å². The van der Waals surface area contributed by atoms with E-state index in [9.17, 15) is 4.79 Å². The molecule has 0 aliphatic carbocycles. The second kappa shape index (κ2) is 11.3. The maximum absolute atomic E-state index is 12.4. The van der Waals surface area contributed by atoms with Crippen LogP contribution in [0, 0.1) is 0 Å². The van der Waals surface area contributed by atoms with Crippen molar-refractivity contribution in [1.82, 2.24) is 10.2 Å². The van der Waals surface area contributed by atoms with Gasteiger partial charge in [0, 0.05) is 13.0 Å². The van der Waals surface area contributed by atoms with Gasteiger partial charge in [-0.15, -0.1) is 0 Å². The van der Waals surface area contributed by atoms with Crippen LogP contribution in [0.3, 0.4) is 0 Å². The summed E-state index contributed by atoms with van der Waals surface area (Å²) in [5.74, 6) is 1.73. The molecule has 2 aromatic rings. The van der Waals surface area contributed by atoms with Crippen LogP contribution in [0.15, 0.2) is 48.5 Å². The van der Waals surface area contributed by atoms with Gasteiger partial charge in [-0.2, -0.15) is 0 Å². The van der Waals surface area contributed by atoms with Crippen molar-refractivity contribution in [2.45, 2.75) is 32.7 Å². The molecule has 1 amide bonds. The van der Waals surface area contributed by atoms with Crippen molar-refractivity contribution in [1.29, 1.82) is 0 Å². The van der Waals surface area contributed by atoms with Gasteiger partial charge in [-0.25, -0.2) is 0 Å². The fraction of sp³-hybridized carbons (Fsp3) is 0.435. The maximum atomic E-state index is 12.4. The molecule has 5 nitrogen and oxygen atoms in total. The third-order valence-electron chi connectivity index (χ3n) is 5.02. The number of nitrogens with one attached hydrogen (secondary N) is 1. The van der Waals surface area contributed by atoms with Crippen molar-refractivity contribution in [3.8, 4) is 11.5 Å². The maximum Gasteiger partial charge on any atom is 0.220 e. The lowest BCUT2D eigenvalue weighted by molar-refractivity contribution is -0.121. The smallest absolute Gasteiger partial charge is 0.220 e. The van der Waals surface area contributed by atoms with E-state index in [0.717, 1.165) is 35.7 Å². The van der Waals surface area contributed by atoms with Crippen LogP contribution in [0.2, 0.25) is 0 Å². The number of aryl methyl sites for hydroxylation is 1. The number of carbonyl (C=O) groups excluding carboxylic acids is 1. The summed E-state index contributed by atoms with van der Waals surface area (Å²) in [6, 6.07) is 16.0. The molecule has 0 saturated carbocycles. The highest BCUT2D eigenvalue weighted by Crippen LogP contribution is 2.24. The minimum atomic E-state index is 0.0656. The third kappa shape index (κ3) is 6.27. The Morgan fingerprint density at radius 3 is 2.29 bits per heavy atom. The zero-order chi connectivity index (χ0) is 20.4. The molecule has 5 heteroatoms. The molecule has 0 fully saturated rings. The van der Waals surface area contributed by atoms with Gasteiger partial charge >= 0.3 is 0 Å². The number of ether oxygens (including phenoxy) is 2. The number of rotatable bonds is 11. The molecule has 0 bridgehead atoms. The van der Waals surface area contributed by atoms with Crippen molar-refractivity contribution in [3.05, 3.63) is 59.7 Å². The summed E-state index contributed by atoms with van der Waals surface area (Å²) in [7, 11) is 3.32. The van der Waals surface area contributed by atoms with E-state index in [1.165, 1.54) is 0 Å². The topological polar surface area (TPSA) is 50.8 Å². The predicted molar refractivity (Wildman–Crippen MR) is 113 cm³/mol. The zero-order valence-corrected chi connectivity index (χ0v) is 17.4. The van der Waals surface area contributed by atoms with Gasteiger partial charge in [0.15, 0.2) is 0 Å². The number of hydrogen-bond acceptors (Lipinski definition) is 4. The molecule has 0 saturated heterocycles. The van der Waals surface area contributed by atoms with Crippen molar-refractivity contribution in [3.63, 3.8) is 0 Å². The van der Waals surface area contributed by atoms with E-state index in [0.29, 0.717) is 19.4 Å². The summed E-state index contributed by atoms with van der Waals surface area (Å²) >= 11 is 0. The quantitative estimate of drug-likeness (QED) is 0.640. The van der Waals surface area contributed by atoms with E-state index in [2.05, 4.69) is 30.1 Å². The zero-order valence-electron chi connectivity index (χ0n) is 17.4. The van der Waals surface area contributed by atoms with Gasteiger partial charge in [0.05, 0.1) is 20.3 Å². The van der Waals surface area contributed by atoms with Gasteiger partial charge in [-0.1, -0.05) is 38.1 Å². The Kier molecular flexibility index (Phi) is 8.82. The van der Waals surface area contributed by atoms with E-state index in [1.807, 2.05) is 42.5 Å². The summed E-state index contributed by atoms with van der Waals surface area (Å²) in [4.78, 5) is 14.8. The second-order valence-corrected chi connectivity index (χ2v) is 6.67. The van der Waals surface area contributed by atoms with E-state index < -0.39 is 0 Å². The minimum absolute atomic E-state index is 0.0656. The normalized spacial score (nSPS) is 11.9. The molecule has 0 spiro atoms. The van der Waals surface area contributed by atoms with Gasteiger partial charge in [0.2, 0.25) is 5.91 Å². The largest absolute Gasteiger partial charge is 0.497 e. The molecule has 28 heavy (non-hydrogen) atoms. The molecule has 1 N–H and O–H groups in total. The number of nitrogens with zero attached hydrogens (tertiary/aromatic N) is 1. The molecular formula is C23H32N2O3. The van der Waals surface area contributed by atoms with Crippen LogP contribution in [-0.2, 0) is 11.2 Å². The van der Waals surface area contributed by atoms with E-state index in [4.69, 9.17) is 9.47 Å². The van der Waals surface area contributed by atoms with Crippen molar-refractivity contribution >= 4 is 5.91 Å². The summed E-state index contributed by atoms with van der Waals surface area (Å²) in [6.07, 6.45) is 1.18. The average Bonchev–Trinajstić information content (AvgIpc) is 2.75. The number of benzene rings is 2. The summed E-state index contributed by atoms with van der Waals surface area (Å²) in [5, 5.41) is 3.11. The average molecular weight is 385 g/mol. The van der Waals surface area contributed by atoms with Crippen LogP contribution in [0.25, 0.3) is 0 Å². The molecule has 2 rings (SSSR count). The van der Waals surface area contributed by atoms with E-state index in [-0.39, 0.29) is 11.9 Å². The Morgan fingerprint density at radius 1 is 1.00 bits per heavy atom. The standard InChI is InChI=1S/C23H32N2O3/c1-5-25(6-2)22(19-8-7-9-21(16-19)28-4)17-24-23(26)15-12-18-10-13-20(27-3)14-11-18/h7-11,13-14,16,22H,5-6,12,15,17H2,1-4H3,(H,24,26). The van der Waals surface area contributed by atoms with Gasteiger partial charge in [0.25, 0.3) is 0 Å². The van der Waals surface area contributed by atoms with Crippen LogP contribution in [-0.4, -0.2) is 44.7 Å². The monoisotopic (exact) mass is 384 g/mol. The molecule has 2 aromatic carbocycles. The molecule has 152 valence electrons. The summed E-state index contributed by atoms with van der Waals surface area (Å²) in [5.41, 5.74) is 2.28. The number of carbonyl (C=O) groups is 1. The first-order chi connectivity index (χ1) is 13.6. The highest BCUT2D eigenvalue weighted by Gasteiger charge is 2.19. The lowest BCUT2D eigenvalue weighted by atomic mass is 10.0. The van der Waals surface area contributed by atoms with E-state index in [1.54, 1.807) is 14.2 Å². The van der Waals surface area contributed by atoms with E-state index >= 15 is 0 Å². The lowest BCUT2D eigenvalue weighted by Crippen LogP contribution is -2.38. The highest BCUT2D eigenvalue weighted by atomic mass is 16.5. The Hall–Kier alpha value is -2.53. The van der Waals surface area contributed by atoms with Crippen LogP contribution < -0.4 is 14.8 Å². The van der Waals surface area contributed by atoms with Crippen LogP contribution in [0.4, 0.5) is 0 Å². The van der Waals surface area contributed by atoms with Crippen molar-refractivity contribution < 1.29 is 14.3 Å². The fourth-order valence-corrected chi connectivity index (χ4v) is 3.32. The Morgan fingerprint density at radius 2 is 1.68 bits per heavy atom. The van der Waals surface area contributed by atoms with Crippen LogP contribution in [0.1, 0.15) is 37.4 Å². The first-order valence-corrected chi connectivity index (χ1v) is 9.88. The molecule has 0 radical (unpaired) electrons. The molecule has 0 aliphatic heterocycles. The number of methoxy groups -OCH3 is 2. The fourth-order valence-electron chi connectivity index (χ4n) is 3.32.